The molecule has 0 N–H and O–H groups in total. The topological polar surface area (TPSA) is 89.5 Å². The van der Waals surface area contributed by atoms with Crippen LogP contribution in [0, 0.1) is 0 Å². The van der Waals surface area contributed by atoms with Crippen molar-refractivity contribution in [3.8, 4) is 0 Å². The Balaban J connectivity index is 0. The molecule has 0 aliphatic carbocycles. The molecule has 6 heteroatoms. The molecule has 0 spiro atoms. The van der Waals surface area contributed by atoms with Crippen molar-refractivity contribution in [1.82, 2.24) is 0 Å². The van der Waals surface area contributed by atoms with Crippen molar-refractivity contribution < 1.29 is 44.0 Å². The molecule has 5 nitrogen and oxygen atoms in total. The van der Waals surface area contributed by atoms with Crippen molar-refractivity contribution in [2.24, 2.45) is 0 Å². The number of rotatable bonds is 2. The number of fused-ring (bicyclic) bond motifs is 2. The van der Waals surface area contributed by atoms with Crippen LogP contribution in [-0.4, -0.2) is 23.8 Å². The van der Waals surface area contributed by atoms with Crippen molar-refractivity contribution in [1.29, 1.82) is 0 Å². The molecule has 2 atom stereocenters. The van der Waals surface area contributed by atoms with Gasteiger partial charge >= 0.3 is 19.5 Å². The summed E-state index contributed by atoms with van der Waals surface area (Å²) in [5, 5.41) is 20.0. The van der Waals surface area contributed by atoms with Crippen molar-refractivity contribution in [3.63, 3.8) is 0 Å². The first-order valence-electron chi connectivity index (χ1n) is 7.41. The number of carbonyl (C=O) groups excluding carboxylic acids is 2. The third-order valence-corrected chi connectivity index (χ3v) is 2.60. The Morgan fingerprint density at radius 2 is 1.21 bits per heavy atom. The van der Waals surface area contributed by atoms with E-state index in [-0.39, 0.29) is 42.6 Å². The van der Waals surface area contributed by atoms with Gasteiger partial charge in [0.15, 0.2) is 11.6 Å². The van der Waals surface area contributed by atoms with Gasteiger partial charge in [0, 0.05) is 0 Å². The van der Waals surface area contributed by atoms with E-state index in [9.17, 15) is 19.8 Å². The van der Waals surface area contributed by atoms with Crippen LogP contribution in [0.3, 0.4) is 0 Å². The molecule has 2 rings (SSSR count). The van der Waals surface area contributed by atoms with Gasteiger partial charge in [0.05, 0.1) is 12.2 Å². The number of ketones is 2. The van der Waals surface area contributed by atoms with Gasteiger partial charge in [-0.3, -0.25) is 9.59 Å². The molecule has 0 aromatic heterocycles. The second-order valence-corrected chi connectivity index (χ2v) is 5.27. The number of carbonyl (C=O) groups is 2. The standard InChI is InChI=1S/C8H10O.2C5H8O2.Ru/c1-3-7-5-2-6-8(4-1)9-7;2*1-4(6)3-5(2)7;/h1-3,6-8H,4-5H2;2*3,6H,1-2H3;/q;;;+2/p-2/b;2*4-3-;/t7-,8+;;;/m0.../s1. The zero-order valence-electron chi connectivity index (χ0n) is 14.4. The third-order valence-electron chi connectivity index (χ3n) is 2.60. The van der Waals surface area contributed by atoms with E-state index in [1.165, 1.54) is 27.7 Å². The second kappa shape index (κ2) is 13.9. The second-order valence-electron chi connectivity index (χ2n) is 5.27. The minimum absolute atomic E-state index is 0. The Labute approximate surface area is 156 Å². The van der Waals surface area contributed by atoms with E-state index < -0.39 is 0 Å². The van der Waals surface area contributed by atoms with Crippen LogP contribution >= 0.6 is 0 Å². The monoisotopic (exact) mass is 422 g/mol. The van der Waals surface area contributed by atoms with Gasteiger partial charge in [0.2, 0.25) is 0 Å². The Morgan fingerprint density at radius 1 is 0.875 bits per heavy atom. The summed E-state index contributed by atoms with van der Waals surface area (Å²) >= 11 is 0. The largest absolute Gasteiger partial charge is 2.00 e. The fraction of sp³-hybridized carbons (Fsp3) is 0.444. The van der Waals surface area contributed by atoms with E-state index in [1.807, 2.05) is 0 Å². The van der Waals surface area contributed by atoms with Gasteiger partial charge in [0.25, 0.3) is 0 Å². The summed E-state index contributed by atoms with van der Waals surface area (Å²) in [5.41, 5.74) is 0. The molecule has 2 heterocycles. The van der Waals surface area contributed by atoms with Crippen LogP contribution in [0.5, 0.6) is 0 Å². The molecule has 0 fully saturated rings. The summed E-state index contributed by atoms with van der Waals surface area (Å²) in [5.74, 6) is -0.750. The van der Waals surface area contributed by atoms with Gasteiger partial charge in [-0.05, 0) is 38.8 Å². The summed E-state index contributed by atoms with van der Waals surface area (Å²) < 4.78 is 5.55. The van der Waals surface area contributed by atoms with Crippen molar-refractivity contribution in [2.45, 2.75) is 52.7 Å². The number of allylic oxidation sites excluding steroid dienone is 4. The molecule has 2 bridgehead atoms. The molecule has 2 aliphatic heterocycles. The first kappa shape index (κ1) is 24.7. The molecule has 0 amide bonds. The maximum Gasteiger partial charge on any atom is 2.00 e. The molecule has 24 heavy (non-hydrogen) atoms. The van der Waals surface area contributed by atoms with E-state index in [4.69, 9.17) is 4.74 Å². The van der Waals surface area contributed by atoms with Crippen LogP contribution in [0.1, 0.15) is 40.5 Å². The molecule has 0 aromatic carbocycles. The molecular formula is C18H24O5Ru. The number of ether oxygens (including phenoxy) is 1. The average Bonchev–Trinajstić information content (AvgIpc) is 2.36. The van der Waals surface area contributed by atoms with Crippen LogP contribution in [0.25, 0.3) is 0 Å². The summed E-state index contributed by atoms with van der Waals surface area (Å²) in [4.78, 5) is 20.0. The Kier molecular flexibility index (Phi) is 14.3. The van der Waals surface area contributed by atoms with E-state index in [0.29, 0.717) is 12.2 Å². The fourth-order valence-electron chi connectivity index (χ4n) is 1.88. The molecule has 0 unspecified atom stereocenters. The minimum atomic E-state index is -0.187. The first-order valence-corrected chi connectivity index (χ1v) is 7.41. The Morgan fingerprint density at radius 3 is 1.38 bits per heavy atom. The smallest absolute Gasteiger partial charge is 0.876 e. The summed E-state index contributed by atoms with van der Waals surface area (Å²) in [7, 11) is 0. The average molecular weight is 421 g/mol. The number of hydrogen-bond acceptors (Lipinski definition) is 5. The van der Waals surface area contributed by atoms with Crippen molar-refractivity contribution in [2.75, 3.05) is 0 Å². The van der Waals surface area contributed by atoms with Gasteiger partial charge in [-0.15, -0.1) is 11.5 Å². The third kappa shape index (κ3) is 15.4. The molecule has 0 radical (unpaired) electrons. The van der Waals surface area contributed by atoms with Crippen LogP contribution in [0.4, 0.5) is 0 Å². The summed E-state index contributed by atoms with van der Waals surface area (Å²) in [6.45, 7) is 5.39. The maximum atomic E-state index is 9.98. The van der Waals surface area contributed by atoms with E-state index in [1.54, 1.807) is 0 Å². The number of hydrogen-bond donors (Lipinski definition) is 0. The molecule has 2 aliphatic rings. The Bertz CT molecular complexity index is 464. The SMILES string of the molecule is C1=C[C@H]2CC=C[C@@H](C1)O2.CC(=O)/C=C(/C)[O-].CC(=O)/C=C(/C)[O-].[Ru+2]. The van der Waals surface area contributed by atoms with Gasteiger partial charge < -0.3 is 14.9 Å². The zero-order valence-corrected chi connectivity index (χ0v) is 16.2. The normalized spacial score (nSPS) is 21.3. The van der Waals surface area contributed by atoms with Crippen molar-refractivity contribution >= 4 is 11.6 Å². The van der Waals surface area contributed by atoms with E-state index in [2.05, 4.69) is 24.3 Å². The van der Waals surface area contributed by atoms with Crippen molar-refractivity contribution in [3.05, 3.63) is 48.0 Å². The van der Waals surface area contributed by atoms with Crippen LogP contribution in [-0.2, 0) is 33.8 Å². The molecule has 0 aromatic rings. The summed E-state index contributed by atoms with van der Waals surface area (Å²) in [6, 6.07) is 0. The molecule has 134 valence electrons. The maximum absolute atomic E-state index is 9.98. The Hall–Kier alpha value is -1.52. The van der Waals surface area contributed by atoms with E-state index >= 15 is 0 Å². The predicted octanol–water partition coefficient (Wildman–Crippen LogP) is 1.34. The molecular weight excluding hydrogens is 397 g/mol. The van der Waals surface area contributed by atoms with Gasteiger partial charge in [0.1, 0.15) is 0 Å². The zero-order chi connectivity index (χ0) is 17.8. The molecule has 0 saturated heterocycles. The minimum Gasteiger partial charge on any atom is -0.876 e. The van der Waals surface area contributed by atoms with Crippen LogP contribution in [0.2, 0.25) is 0 Å². The van der Waals surface area contributed by atoms with Crippen LogP contribution in [0.15, 0.2) is 48.0 Å². The predicted molar refractivity (Wildman–Crippen MR) is 85.1 cm³/mol. The van der Waals surface area contributed by atoms with Crippen LogP contribution < -0.4 is 10.2 Å². The molecule has 0 saturated carbocycles. The van der Waals surface area contributed by atoms with Gasteiger partial charge in [-0.2, -0.15) is 0 Å². The first-order chi connectivity index (χ1) is 10.7. The summed E-state index contributed by atoms with van der Waals surface area (Å²) in [6.07, 6.45) is 13.7. The fourth-order valence-corrected chi connectivity index (χ4v) is 1.88. The van der Waals surface area contributed by atoms with Gasteiger partial charge in [-0.25, -0.2) is 0 Å². The van der Waals surface area contributed by atoms with Gasteiger partial charge in [-0.1, -0.05) is 38.2 Å². The quantitative estimate of drug-likeness (QED) is 0.291. The van der Waals surface area contributed by atoms with E-state index in [0.717, 1.165) is 25.0 Å².